The van der Waals surface area contributed by atoms with Crippen molar-refractivity contribution in [2.24, 2.45) is 0 Å². The molecule has 2 rings (SSSR count). The van der Waals surface area contributed by atoms with E-state index in [1.165, 1.54) is 18.2 Å². The quantitative estimate of drug-likeness (QED) is 0.515. The number of nitrogens with one attached hydrogen (secondary N) is 3. The molecule has 0 saturated carbocycles. The second-order valence-corrected chi connectivity index (χ2v) is 5.74. The monoisotopic (exact) mass is 390 g/mol. The van der Waals surface area contributed by atoms with Crippen LogP contribution in [0, 0.1) is 10.1 Å². The fourth-order valence-corrected chi connectivity index (χ4v) is 2.21. The maximum absolute atomic E-state index is 11.9. The molecule has 0 unspecified atom stereocenters. The van der Waals surface area contributed by atoms with Gasteiger partial charge in [-0.25, -0.2) is 0 Å². The van der Waals surface area contributed by atoms with Crippen LogP contribution >= 0.6 is 11.6 Å². The van der Waals surface area contributed by atoms with E-state index in [1.54, 1.807) is 24.3 Å². The molecule has 0 heterocycles. The summed E-state index contributed by atoms with van der Waals surface area (Å²) in [6.45, 7) is 0. The minimum atomic E-state index is -0.715. The SMILES string of the molecule is O=C(CCC(=O)Nc1ccccc1Cl)NNC(=O)c1cccc([N+](=O)[O-])c1. The highest BCUT2D eigenvalue weighted by Gasteiger charge is 2.13. The first kappa shape index (κ1) is 19.9. The molecule has 0 atom stereocenters. The summed E-state index contributed by atoms with van der Waals surface area (Å²) < 4.78 is 0. The summed E-state index contributed by atoms with van der Waals surface area (Å²) in [5.74, 6) is -1.72. The Hall–Kier alpha value is -3.46. The summed E-state index contributed by atoms with van der Waals surface area (Å²) >= 11 is 5.92. The van der Waals surface area contributed by atoms with Crippen LogP contribution in [-0.4, -0.2) is 22.6 Å². The van der Waals surface area contributed by atoms with E-state index < -0.39 is 22.6 Å². The number of rotatable bonds is 6. The number of anilines is 1. The van der Waals surface area contributed by atoms with Gasteiger partial charge in [-0.1, -0.05) is 29.8 Å². The van der Waals surface area contributed by atoms with Gasteiger partial charge in [0.2, 0.25) is 11.8 Å². The van der Waals surface area contributed by atoms with Gasteiger partial charge in [0.15, 0.2) is 0 Å². The first-order valence-corrected chi connectivity index (χ1v) is 8.12. The summed E-state index contributed by atoms with van der Waals surface area (Å²) in [5, 5.41) is 13.6. The molecule has 2 aromatic carbocycles. The molecule has 3 amide bonds. The van der Waals surface area contributed by atoms with Gasteiger partial charge in [-0.3, -0.25) is 35.3 Å². The molecule has 0 aliphatic heterocycles. The van der Waals surface area contributed by atoms with Crippen LogP contribution in [0.2, 0.25) is 5.02 Å². The number of nitro benzene ring substituents is 1. The van der Waals surface area contributed by atoms with Crippen molar-refractivity contribution in [3.05, 3.63) is 69.2 Å². The van der Waals surface area contributed by atoms with Crippen molar-refractivity contribution < 1.29 is 19.3 Å². The lowest BCUT2D eigenvalue weighted by Gasteiger charge is -2.08. The van der Waals surface area contributed by atoms with Crippen LogP contribution in [0.25, 0.3) is 0 Å². The third kappa shape index (κ3) is 6.08. The lowest BCUT2D eigenvalue weighted by molar-refractivity contribution is -0.384. The fraction of sp³-hybridized carbons (Fsp3) is 0.118. The Morgan fingerprint density at radius 3 is 2.37 bits per heavy atom. The van der Waals surface area contributed by atoms with E-state index in [1.807, 2.05) is 0 Å². The first-order valence-electron chi connectivity index (χ1n) is 7.75. The van der Waals surface area contributed by atoms with Crippen LogP contribution in [0.15, 0.2) is 48.5 Å². The van der Waals surface area contributed by atoms with Crippen molar-refractivity contribution in [1.29, 1.82) is 0 Å². The molecule has 0 aromatic heterocycles. The standard InChI is InChI=1S/C17H15ClN4O5/c18-13-6-1-2-7-14(13)19-15(23)8-9-16(24)20-21-17(25)11-4-3-5-12(10-11)22(26)27/h1-7,10H,8-9H2,(H,19,23)(H,20,24)(H,21,25). The average molecular weight is 391 g/mol. The molecule has 9 nitrogen and oxygen atoms in total. The van der Waals surface area contributed by atoms with E-state index in [9.17, 15) is 24.5 Å². The van der Waals surface area contributed by atoms with E-state index >= 15 is 0 Å². The number of carbonyl (C=O) groups excluding carboxylic acids is 3. The second kappa shape index (κ2) is 9.30. The lowest BCUT2D eigenvalue weighted by Crippen LogP contribution is -2.41. The number of hydrazine groups is 1. The third-order valence-electron chi connectivity index (χ3n) is 3.36. The van der Waals surface area contributed by atoms with Crippen LogP contribution < -0.4 is 16.2 Å². The van der Waals surface area contributed by atoms with Crippen LogP contribution in [0.3, 0.4) is 0 Å². The van der Waals surface area contributed by atoms with Gasteiger partial charge in [-0.2, -0.15) is 0 Å². The molecule has 0 saturated heterocycles. The van der Waals surface area contributed by atoms with Gasteiger partial charge in [-0.05, 0) is 18.2 Å². The highest BCUT2D eigenvalue weighted by atomic mass is 35.5. The summed E-state index contributed by atoms with van der Waals surface area (Å²) in [5.41, 5.74) is 4.48. The average Bonchev–Trinajstić information content (AvgIpc) is 2.66. The molecule has 0 spiro atoms. The van der Waals surface area contributed by atoms with Gasteiger partial charge < -0.3 is 5.32 Å². The molecule has 0 fully saturated rings. The zero-order valence-electron chi connectivity index (χ0n) is 13.9. The summed E-state index contributed by atoms with van der Waals surface area (Å²) in [6.07, 6.45) is -0.296. The van der Waals surface area contributed by atoms with Gasteiger partial charge in [0.1, 0.15) is 0 Å². The smallest absolute Gasteiger partial charge is 0.270 e. The molecule has 0 bridgehead atoms. The van der Waals surface area contributed by atoms with E-state index in [2.05, 4.69) is 16.2 Å². The molecule has 10 heteroatoms. The number of para-hydroxylation sites is 1. The van der Waals surface area contributed by atoms with Crippen LogP contribution in [0.4, 0.5) is 11.4 Å². The Morgan fingerprint density at radius 1 is 0.963 bits per heavy atom. The Morgan fingerprint density at radius 2 is 1.67 bits per heavy atom. The number of amides is 3. The molecule has 3 N–H and O–H groups in total. The predicted octanol–water partition coefficient (Wildman–Crippen LogP) is 2.43. The molecule has 2 aromatic rings. The maximum atomic E-state index is 11.9. The van der Waals surface area contributed by atoms with Crippen molar-refractivity contribution in [2.45, 2.75) is 12.8 Å². The summed E-state index contributed by atoms with van der Waals surface area (Å²) in [4.78, 5) is 45.5. The third-order valence-corrected chi connectivity index (χ3v) is 3.69. The number of halogens is 1. The zero-order chi connectivity index (χ0) is 19.8. The second-order valence-electron chi connectivity index (χ2n) is 5.34. The van der Waals surface area contributed by atoms with Gasteiger partial charge >= 0.3 is 0 Å². The lowest BCUT2D eigenvalue weighted by atomic mass is 10.2. The number of benzene rings is 2. The fourth-order valence-electron chi connectivity index (χ4n) is 2.02. The molecule has 0 radical (unpaired) electrons. The van der Waals surface area contributed by atoms with Crippen molar-refractivity contribution in [1.82, 2.24) is 10.9 Å². The zero-order valence-corrected chi connectivity index (χ0v) is 14.7. The van der Waals surface area contributed by atoms with Crippen molar-refractivity contribution in [2.75, 3.05) is 5.32 Å². The predicted molar refractivity (Wildman–Crippen MR) is 98.0 cm³/mol. The van der Waals surface area contributed by atoms with Gasteiger partial charge in [0.25, 0.3) is 11.6 Å². The highest BCUT2D eigenvalue weighted by Crippen LogP contribution is 2.20. The topological polar surface area (TPSA) is 130 Å². The van der Waals surface area contributed by atoms with E-state index in [0.29, 0.717) is 10.7 Å². The molecular weight excluding hydrogens is 376 g/mol. The molecule has 0 aliphatic rings. The highest BCUT2D eigenvalue weighted by molar-refractivity contribution is 6.33. The van der Waals surface area contributed by atoms with Crippen LogP contribution in [0.5, 0.6) is 0 Å². The number of hydrogen-bond acceptors (Lipinski definition) is 5. The number of nitrogens with zero attached hydrogens (tertiary/aromatic N) is 1. The number of non-ortho nitro benzene ring substituents is 1. The molecule has 0 aliphatic carbocycles. The molecule has 140 valence electrons. The molecule has 27 heavy (non-hydrogen) atoms. The summed E-state index contributed by atoms with van der Waals surface area (Å²) in [6, 6.07) is 11.7. The number of nitro groups is 1. The van der Waals surface area contributed by atoms with Crippen LogP contribution in [0.1, 0.15) is 23.2 Å². The van der Waals surface area contributed by atoms with Crippen molar-refractivity contribution in [3.63, 3.8) is 0 Å². The Bertz CT molecular complexity index is 887. The molecular formula is C17H15ClN4O5. The Labute approximate surface area is 158 Å². The Balaban J connectivity index is 1.78. The minimum Gasteiger partial charge on any atom is -0.325 e. The van der Waals surface area contributed by atoms with Crippen molar-refractivity contribution >= 4 is 40.7 Å². The minimum absolute atomic E-state index is 0.0148. The van der Waals surface area contributed by atoms with Crippen molar-refractivity contribution in [3.8, 4) is 0 Å². The van der Waals surface area contributed by atoms with E-state index in [0.717, 1.165) is 6.07 Å². The van der Waals surface area contributed by atoms with Gasteiger partial charge in [0.05, 0.1) is 15.6 Å². The van der Waals surface area contributed by atoms with E-state index in [4.69, 9.17) is 11.6 Å². The van der Waals surface area contributed by atoms with Gasteiger partial charge in [-0.15, -0.1) is 0 Å². The maximum Gasteiger partial charge on any atom is 0.270 e. The first-order chi connectivity index (χ1) is 12.9. The largest absolute Gasteiger partial charge is 0.325 e. The number of carbonyl (C=O) groups is 3. The van der Waals surface area contributed by atoms with Crippen LogP contribution in [-0.2, 0) is 9.59 Å². The normalized spacial score (nSPS) is 9.96. The number of hydrogen-bond donors (Lipinski definition) is 3. The van der Waals surface area contributed by atoms with Gasteiger partial charge in [0, 0.05) is 30.5 Å². The van der Waals surface area contributed by atoms with E-state index in [-0.39, 0.29) is 24.1 Å². The summed E-state index contributed by atoms with van der Waals surface area (Å²) in [7, 11) is 0. The Kier molecular flexibility index (Phi) is 6.84.